The van der Waals surface area contributed by atoms with Gasteiger partial charge in [0.15, 0.2) is 0 Å². The minimum absolute atomic E-state index is 0.257. The van der Waals surface area contributed by atoms with Crippen molar-refractivity contribution in [1.82, 2.24) is 10.2 Å². The van der Waals surface area contributed by atoms with Crippen LogP contribution in [-0.2, 0) is 4.79 Å². The molecule has 0 bridgehead atoms. The summed E-state index contributed by atoms with van der Waals surface area (Å²) >= 11 is 0. The lowest BCUT2D eigenvalue weighted by Gasteiger charge is -2.40. The molecule has 3 N–H and O–H groups in total. The molecule has 1 aliphatic rings. The van der Waals surface area contributed by atoms with E-state index < -0.39 is 5.54 Å². The molecule has 1 saturated heterocycles. The zero-order valence-corrected chi connectivity index (χ0v) is 11.6. The number of likely N-dealkylation sites (tertiary alicyclic amines) is 1. The zero-order valence-electron chi connectivity index (χ0n) is 11.6. The van der Waals surface area contributed by atoms with Crippen molar-refractivity contribution in [3.63, 3.8) is 0 Å². The molecule has 17 heavy (non-hydrogen) atoms. The normalized spacial score (nSPS) is 25.8. The summed E-state index contributed by atoms with van der Waals surface area (Å²) < 4.78 is 0. The Morgan fingerprint density at radius 3 is 2.65 bits per heavy atom. The van der Waals surface area contributed by atoms with Crippen molar-refractivity contribution in [2.45, 2.75) is 64.6 Å². The van der Waals surface area contributed by atoms with Crippen molar-refractivity contribution < 1.29 is 4.79 Å². The van der Waals surface area contributed by atoms with Crippen molar-refractivity contribution in [1.29, 1.82) is 0 Å². The lowest BCUT2D eigenvalue weighted by molar-refractivity contribution is -0.125. The maximum Gasteiger partial charge on any atom is 0.238 e. The van der Waals surface area contributed by atoms with Gasteiger partial charge in [-0.05, 0) is 47.1 Å². The van der Waals surface area contributed by atoms with Gasteiger partial charge in [0.25, 0.3) is 0 Å². The largest absolute Gasteiger partial charge is 0.368 e. The lowest BCUT2D eigenvalue weighted by atomic mass is 9.95. The highest BCUT2D eigenvalue weighted by Gasteiger charge is 2.35. The minimum Gasteiger partial charge on any atom is -0.368 e. The van der Waals surface area contributed by atoms with E-state index in [0.717, 1.165) is 6.54 Å². The highest BCUT2D eigenvalue weighted by molar-refractivity contribution is 5.84. The van der Waals surface area contributed by atoms with Gasteiger partial charge in [0.1, 0.15) is 5.54 Å². The smallest absolute Gasteiger partial charge is 0.238 e. The summed E-state index contributed by atoms with van der Waals surface area (Å²) in [7, 11) is 0. The number of carbonyl (C=O) groups excluding carboxylic acids is 1. The summed E-state index contributed by atoms with van der Waals surface area (Å²) in [6.07, 6.45) is 3.74. The molecule has 2 atom stereocenters. The van der Waals surface area contributed by atoms with Gasteiger partial charge in [-0.3, -0.25) is 9.69 Å². The maximum atomic E-state index is 11.7. The van der Waals surface area contributed by atoms with Crippen LogP contribution in [0.4, 0.5) is 0 Å². The second kappa shape index (κ2) is 5.83. The monoisotopic (exact) mass is 241 g/mol. The van der Waals surface area contributed by atoms with Gasteiger partial charge in [0.2, 0.25) is 5.91 Å². The van der Waals surface area contributed by atoms with Gasteiger partial charge >= 0.3 is 0 Å². The Bertz CT molecular complexity index is 267. The van der Waals surface area contributed by atoms with E-state index in [1.54, 1.807) is 0 Å². The fourth-order valence-corrected chi connectivity index (χ4v) is 2.63. The van der Waals surface area contributed by atoms with Crippen molar-refractivity contribution >= 4 is 5.91 Å². The van der Waals surface area contributed by atoms with E-state index in [1.807, 2.05) is 20.8 Å². The van der Waals surface area contributed by atoms with Crippen LogP contribution in [0.5, 0.6) is 0 Å². The van der Waals surface area contributed by atoms with Crippen LogP contribution in [0, 0.1) is 0 Å². The number of rotatable bonds is 5. The number of nitrogens with two attached hydrogens (primary N) is 1. The Kier molecular flexibility index (Phi) is 4.95. The van der Waals surface area contributed by atoms with Crippen molar-refractivity contribution in [2.75, 3.05) is 13.1 Å². The zero-order chi connectivity index (χ0) is 13.1. The van der Waals surface area contributed by atoms with Crippen LogP contribution >= 0.6 is 0 Å². The van der Waals surface area contributed by atoms with Gasteiger partial charge in [0, 0.05) is 18.6 Å². The molecule has 0 aliphatic carbocycles. The number of nitrogens with zero attached hydrogens (tertiary/aromatic N) is 1. The SMILES string of the molecule is CC(C)NC(C)(CN1CCCCC1C)C(N)=O. The molecule has 1 rings (SSSR count). The van der Waals surface area contributed by atoms with Crippen LogP contribution in [0.3, 0.4) is 0 Å². The van der Waals surface area contributed by atoms with Crippen LogP contribution in [0.1, 0.15) is 47.0 Å². The maximum absolute atomic E-state index is 11.7. The number of hydrogen-bond donors (Lipinski definition) is 2. The molecule has 1 amide bonds. The number of primary amides is 1. The number of carbonyl (C=O) groups is 1. The van der Waals surface area contributed by atoms with E-state index in [0.29, 0.717) is 12.6 Å². The summed E-state index contributed by atoms with van der Waals surface area (Å²) in [5, 5.41) is 3.31. The molecular formula is C13H27N3O. The molecule has 4 heteroatoms. The van der Waals surface area contributed by atoms with Crippen LogP contribution in [0.25, 0.3) is 0 Å². The molecule has 0 aromatic carbocycles. The van der Waals surface area contributed by atoms with Gasteiger partial charge in [-0.15, -0.1) is 0 Å². The number of piperidine rings is 1. The van der Waals surface area contributed by atoms with Crippen molar-refractivity contribution in [2.24, 2.45) is 5.73 Å². The quantitative estimate of drug-likeness (QED) is 0.758. The van der Waals surface area contributed by atoms with Crippen LogP contribution in [-0.4, -0.2) is 41.5 Å². The fraction of sp³-hybridized carbons (Fsp3) is 0.923. The van der Waals surface area contributed by atoms with E-state index >= 15 is 0 Å². The van der Waals surface area contributed by atoms with E-state index in [2.05, 4.69) is 17.1 Å². The first-order valence-corrected chi connectivity index (χ1v) is 6.67. The number of amides is 1. The summed E-state index contributed by atoms with van der Waals surface area (Å²) in [6, 6.07) is 0.809. The third-order valence-corrected chi connectivity index (χ3v) is 3.61. The lowest BCUT2D eigenvalue weighted by Crippen LogP contribution is -2.62. The van der Waals surface area contributed by atoms with E-state index in [4.69, 9.17) is 5.73 Å². The Balaban J connectivity index is 2.68. The average molecular weight is 241 g/mol. The molecule has 0 saturated carbocycles. The summed E-state index contributed by atoms with van der Waals surface area (Å²) in [5.41, 5.74) is 4.93. The standard InChI is InChI=1S/C13H27N3O/c1-10(2)15-13(4,12(14)17)9-16-8-6-5-7-11(16)3/h10-11,15H,5-9H2,1-4H3,(H2,14,17). The highest BCUT2D eigenvalue weighted by Crippen LogP contribution is 2.19. The molecule has 0 radical (unpaired) electrons. The first-order chi connectivity index (χ1) is 7.85. The summed E-state index contributed by atoms with van der Waals surface area (Å²) in [4.78, 5) is 14.0. The van der Waals surface area contributed by atoms with E-state index in [-0.39, 0.29) is 11.9 Å². The molecular weight excluding hydrogens is 214 g/mol. The first-order valence-electron chi connectivity index (χ1n) is 6.67. The third-order valence-electron chi connectivity index (χ3n) is 3.61. The minimum atomic E-state index is -0.625. The highest BCUT2D eigenvalue weighted by atomic mass is 16.1. The average Bonchev–Trinajstić information content (AvgIpc) is 2.20. The van der Waals surface area contributed by atoms with Gasteiger partial charge in [-0.1, -0.05) is 6.42 Å². The second-order valence-electron chi connectivity index (χ2n) is 5.81. The Hall–Kier alpha value is -0.610. The molecule has 100 valence electrons. The fourth-order valence-electron chi connectivity index (χ4n) is 2.63. The van der Waals surface area contributed by atoms with Crippen LogP contribution in [0.2, 0.25) is 0 Å². The predicted molar refractivity (Wildman–Crippen MR) is 70.8 cm³/mol. The molecule has 1 fully saturated rings. The number of nitrogens with one attached hydrogen (secondary N) is 1. The van der Waals surface area contributed by atoms with E-state index in [1.165, 1.54) is 19.3 Å². The molecule has 1 aliphatic heterocycles. The molecule has 4 nitrogen and oxygen atoms in total. The van der Waals surface area contributed by atoms with Gasteiger partial charge in [0.05, 0.1) is 0 Å². The molecule has 1 heterocycles. The summed E-state index contributed by atoms with van der Waals surface area (Å²) in [6.45, 7) is 10.0. The molecule has 2 unspecified atom stereocenters. The van der Waals surface area contributed by atoms with Gasteiger partial charge < -0.3 is 11.1 Å². The van der Waals surface area contributed by atoms with Gasteiger partial charge in [-0.2, -0.15) is 0 Å². The van der Waals surface area contributed by atoms with Crippen molar-refractivity contribution in [3.8, 4) is 0 Å². The van der Waals surface area contributed by atoms with E-state index in [9.17, 15) is 4.79 Å². The third kappa shape index (κ3) is 3.96. The molecule has 0 aromatic heterocycles. The second-order valence-corrected chi connectivity index (χ2v) is 5.81. The van der Waals surface area contributed by atoms with Crippen LogP contribution in [0.15, 0.2) is 0 Å². The number of hydrogen-bond acceptors (Lipinski definition) is 3. The predicted octanol–water partition coefficient (Wildman–Crippen LogP) is 1.10. The van der Waals surface area contributed by atoms with Crippen molar-refractivity contribution in [3.05, 3.63) is 0 Å². The molecule has 0 spiro atoms. The first kappa shape index (κ1) is 14.5. The summed E-state index contributed by atoms with van der Waals surface area (Å²) in [5.74, 6) is -0.260. The Morgan fingerprint density at radius 2 is 2.18 bits per heavy atom. The topological polar surface area (TPSA) is 58.4 Å². The Morgan fingerprint density at radius 1 is 1.53 bits per heavy atom. The Labute approximate surface area is 105 Å². The van der Waals surface area contributed by atoms with Crippen LogP contribution < -0.4 is 11.1 Å². The molecule has 0 aromatic rings. The van der Waals surface area contributed by atoms with Gasteiger partial charge in [-0.25, -0.2) is 0 Å².